The molecule has 80 valence electrons. The molecular formula is C7H9N5O3. The van der Waals surface area contributed by atoms with Crippen molar-refractivity contribution < 1.29 is 14.6 Å². The molecule has 0 fully saturated rings. The van der Waals surface area contributed by atoms with Gasteiger partial charge in [0.2, 0.25) is 6.10 Å². The van der Waals surface area contributed by atoms with Crippen LogP contribution in [-0.4, -0.2) is 38.6 Å². The normalized spacial score (nSPS) is 20.2. The molecule has 2 rings (SSSR count). The maximum Gasteiger partial charge on any atom is 0.297 e. The number of amidine groups is 1. The number of amides is 1. The molecule has 0 spiro atoms. The van der Waals surface area contributed by atoms with Gasteiger partial charge in [0.1, 0.15) is 5.69 Å². The van der Waals surface area contributed by atoms with Crippen molar-refractivity contribution in [3.8, 4) is 0 Å². The highest BCUT2D eigenvalue weighted by atomic mass is 16.5. The second kappa shape index (κ2) is 3.65. The van der Waals surface area contributed by atoms with Gasteiger partial charge in [-0.3, -0.25) is 4.79 Å². The number of carbonyl (C=O) groups is 1. The third-order valence-electron chi connectivity index (χ3n) is 1.84. The summed E-state index contributed by atoms with van der Waals surface area (Å²) in [6.07, 6.45) is 0.602. The predicted octanol–water partition coefficient (Wildman–Crippen LogP) is -1.82. The first-order chi connectivity index (χ1) is 7.20. The zero-order valence-electron chi connectivity index (χ0n) is 7.70. The number of hydrogen-bond donors (Lipinski definition) is 2. The fraction of sp³-hybridized carbons (Fsp3) is 0.429. The molecule has 0 aliphatic carbocycles. The van der Waals surface area contributed by atoms with E-state index < -0.39 is 12.0 Å². The monoisotopic (exact) mass is 211 g/mol. The Kier molecular flexibility index (Phi) is 2.34. The molecule has 0 saturated heterocycles. The first kappa shape index (κ1) is 9.59. The Balaban J connectivity index is 2.14. The van der Waals surface area contributed by atoms with E-state index in [2.05, 4.69) is 15.3 Å². The van der Waals surface area contributed by atoms with Crippen LogP contribution in [0, 0.1) is 0 Å². The van der Waals surface area contributed by atoms with E-state index in [0.29, 0.717) is 12.2 Å². The van der Waals surface area contributed by atoms with Crippen molar-refractivity contribution in [3.05, 3.63) is 11.9 Å². The van der Waals surface area contributed by atoms with Gasteiger partial charge in [-0.05, 0) is 0 Å². The highest BCUT2D eigenvalue weighted by Crippen LogP contribution is 2.20. The molecule has 1 aromatic rings. The Bertz CT molecular complexity index is 413. The summed E-state index contributed by atoms with van der Waals surface area (Å²) in [5.74, 6) is -0.497. The molecule has 0 saturated carbocycles. The molecule has 1 amide bonds. The molecule has 0 bridgehead atoms. The summed E-state index contributed by atoms with van der Waals surface area (Å²) in [6.45, 7) is 0.255. The smallest absolute Gasteiger partial charge is 0.297 e. The lowest BCUT2D eigenvalue weighted by atomic mass is 10.3. The third-order valence-corrected chi connectivity index (χ3v) is 1.84. The maximum absolute atomic E-state index is 11.2. The van der Waals surface area contributed by atoms with Crippen LogP contribution in [0.2, 0.25) is 0 Å². The molecule has 8 heteroatoms. The summed E-state index contributed by atoms with van der Waals surface area (Å²) in [7, 11) is 0. The van der Waals surface area contributed by atoms with Gasteiger partial charge < -0.3 is 15.6 Å². The van der Waals surface area contributed by atoms with Gasteiger partial charge in [0.15, 0.2) is 0 Å². The van der Waals surface area contributed by atoms with Crippen molar-refractivity contribution >= 4 is 11.9 Å². The van der Waals surface area contributed by atoms with E-state index >= 15 is 0 Å². The standard InChI is InChI=1S/C7H9N5O3/c8-7-9-6(14)5(15-7)4-3-12(1-2-13)11-10-4/h3,5,13H,1-2H2,(H2,8,9,14). The van der Waals surface area contributed by atoms with E-state index in [9.17, 15) is 4.79 Å². The van der Waals surface area contributed by atoms with Crippen LogP contribution in [0.5, 0.6) is 0 Å². The second-order valence-corrected chi connectivity index (χ2v) is 2.92. The number of aliphatic hydroxyl groups is 1. The first-order valence-electron chi connectivity index (χ1n) is 4.26. The van der Waals surface area contributed by atoms with Gasteiger partial charge in [-0.25, -0.2) is 4.68 Å². The quantitative estimate of drug-likeness (QED) is 0.608. The van der Waals surface area contributed by atoms with Crippen LogP contribution in [0.4, 0.5) is 0 Å². The van der Waals surface area contributed by atoms with E-state index in [0.717, 1.165) is 0 Å². The minimum absolute atomic E-state index is 0.0547. The number of rotatable bonds is 3. The van der Waals surface area contributed by atoms with E-state index in [4.69, 9.17) is 15.6 Å². The molecule has 1 unspecified atom stereocenters. The van der Waals surface area contributed by atoms with Crippen LogP contribution in [-0.2, 0) is 16.1 Å². The Morgan fingerprint density at radius 2 is 2.47 bits per heavy atom. The van der Waals surface area contributed by atoms with Crippen LogP contribution in [0.15, 0.2) is 11.2 Å². The van der Waals surface area contributed by atoms with Gasteiger partial charge in [-0.1, -0.05) is 5.21 Å². The lowest BCUT2D eigenvalue weighted by molar-refractivity contribution is -0.123. The molecule has 8 nitrogen and oxygen atoms in total. The number of aliphatic imine (C=N–C) groups is 1. The number of ether oxygens (including phenoxy) is 1. The van der Waals surface area contributed by atoms with Crippen molar-refractivity contribution in [1.82, 2.24) is 15.0 Å². The van der Waals surface area contributed by atoms with Gasteiger partial charge in [0.05, 0.1) is 19.3 Å². The lowest BCUT2D eigenvalue weighted by Crippen LogP contribution is -2.14. The van der Waals surface area contributed by atoms with Crippen molar-refractivity contribution in [3.63, 3.8) is 0 Å². The molecule has 1 aliphatic rings. The van der Waals surface area contributed by atoms with Crippen LogP contribution in [0.3, 0.4) is 0 Å². The SMILES string of the molecule is NC1=NC(=O)C(c2cn(CCO)nn2)O1. The number of aromatic nitrogens is 3. The van der Waals surface area contributed by atoms with Gasteiger partial charge in [-0.2, -0.15) is 4.99 Å². The minimum atomic E-state index is -0.905. The number of nitrogens with zero attached hydrogens (tertiary/aromatic N) is 4. The van der Waals surface area contributed by atoms with Crippen LogP contribution >= 0.6 is 0 Å². The number of hydrogen-bond acceptors (Lipinski definition) is 6. The van der Waals surface area contributed by atoms with Crippen molar-refractivity contribution in [2.45, 2.75) is 12.6 Å². The molecule has 2 heterocycles. The summed E-state index contributed by atoms with van der Waals surface area (Å²) < 4.78 is 6.35. The van der Waals surface area contributed by atoms with E-state index in [1.807, 2.05) is 0 Å². The summed E-state index contributed by atoms with van der Waals surface area (Å²) in [5, 5.41) is 16.1. The Labute approximate surface area is 84.4 Å². The Hall–Kier alpha value is -1.96. The number of carbonyl (C=O) groups excluding carboxylic acids is 1. The highest BCUT2D eigenvalue weighted by Gasteiger charge is 2.31. The summed E-state index contributed by atoms with van der Waals surface area (Å²) in [6, 6.07) is -0.165. The fourth-order valence-electron chi connectivity index (χ4n) is 1.20. The molecule has 1 aromatic heterocycles. The predicted molar refractivity (Wildman–Crippen MR) is 47.6 cm³/mol. The zero-order valence-corrected chi connectivity index (χ0v) is 7.70. The van der Waals surface area contributed by atoms with Crippen LogP contribution < -0.4 is 5.73 Å². The third kappa shape index (κ3) is 1.79. The van der Waals surface area contributed by atoms with Gasteiger partial charge in [-0.15, -0.1) is 5.10 Å². The topological polar surface area (TPSA) is 116 Å². The summed E-state index contributed by atoms with van der Waals surface area (Å²) in [4.78, 5) is 14.6. The van der Waals surface area contributed by atoms with Crippen molar-refractivity contribution in [1.29, 1.82) is 0 Å². The fourth-order valence-corrected chi connectivity index (χ4v) is 1.20. The first-order valence-corrected chi connectivity index (χ1v) is 4.26. The molecule has 1 aliphatic heterocycles. The number of aliphatic hydroxyl groups excluding tert-OH is 1. The van der Waals surface area contributed by atoms with Crippen LogP contribution in [0.1, 0.15) is 11.8 Å². The lowest BCUT2D eigenvalue weighted by Gasteiger charge is -2.02. The maximum atomic E-state index is 11.2. The van der Waals surface area contributed by atoms with Crippen molar-refractivity contribution in [2.24, 2.45) is 10.7 Å². The van der Waals surface area contributed by atoms with E-state index in [-0.39, 0.29) is 12.6 Å². The van der Waals surface area contributed by atoms with Crippen molar-refractivity contribution in [2.75, 3.05) is 6.61 Å². The Morgan fingerprint density at radius 3 is 3.07 bits per heavy atom. The zero-order chi connectivity index (χ0) is 10.8. The molecule has 15 heavy (non-hydrogen) atoms. The van der Waals surface area contributed by atoms with Gasteiger partial charge in [0.25, 0.3) is 11.9 Å². The van der Waals surface area contributed by atoms with E-state index in [1.54, 1.807) is 0 Å². The average Bonchev–Trinajstić information content (AvgIpc) is 2.73. The summed E-state index contributed by atoms with van der Waals surface area (Å²) in [5.41, 5.74) is 5.56. The minimum Gasteiger partial charge on any atom is -0.445 e. The molecular weight excluding hydrogens is 202 g/mol. The second-order valence-electron chi connectivity index (χ2n) is 2.92. The molecule has 0 aromatic carbocycles. The largest absolute Gasteiger partial charge is 0.445 e. The molecule has 3 N–H and O–H groups in total. The van der Waals surface area contributed by atoms with Gasteiger partial charge >= 0.3 is 0 Å². The van der Waals surface area contributed by atoms with Gasteiger partial charge in [0, 0.05) is 0 Å². The van der Waals surface area contributed by atoms with E-state index in [1.165, 1.54) is 10.9 Å². The summed E-state index contributed by atoms with van der Waals surface area (Å²) >= 11 is 0. The highest BCUT2D eigenvalue weighted by molar-refractivity contribution is 5.98. The molecule has 1 atom stereocenters. The molecule has 0 radical (unpaired) electrons. The van der Waals surface area contributed by atoms with Crippen LogP contribution in [0.25, 0.3) is 0 Å². The number of nitrogens with two attached hydrogens (primary N) is 1. The average molecular weight is 211 g/mol. The Morgan fingerprint density at radius 1 is 1.67 bits per heavy atom.